The number of benzene rings is 1. The molecule has 0 aliphatic rings. The number of phenolic OH excluding ortho intramolecular Hbond substituents is 1. The summed E-state index contributed by atoms with van der Waals surface area (Å²) in [7, 11) is 1.36. The number of phenols is 1. The van der Waals surface area contributed by atoms with Gasteiger partial charge in [0.15, 0.2) is 11.5 Å². The van der Waals surface area contributed by atoms with Gasteiger partial charge in [-0.25, -0.2) is 0 Å². The average Bonchev–Trinajstić information content (AvgIpc) is 2.20. The Morgan fingerprint density at radius 2 is 2.21 bits per heavy atom. The zero-order valence-corrected chi connectivity index (χ0v) is 8.25. The number of methoxy groups -OCH3 is 1. The van der Waals surface area contributed by atoms with Gasteiger partial charge in [-0.05, 0) is 30.2 Å². The van der Waals surface area contributed by atoms with Crippen molar-refractivity contribution in [1.29, 1.82) is 0 Å². The molecule has 0 radical (unpaired) electrons. The van der Waals surface area contributed by atoms with Crippen LogP contribution in [-0.2, 0) is 0 Å². The van der Waals surface area contributed by atoms with Crippen molar-refractivity contribution in [1.82, 2.24) is 0 Å². The summed E-state index contributed by atoms with van der Waals surface area (Å²) in [5.41, 5.74) is 6.23. The van der Waals surface area contributed by atoms with Crippen LogP contribution in [0.3, 0.4) is 0 Å². The molecule has 0 saturated heterocycles. The van der Waals surface area contributed by atoms with Crippen molar-refractivity contribution in [3.05, 3.63) is 23.5 Å². The predicted octanol–water partition coefficient (Wildman–Crippen LogP) is 1.60. The van der Waals surface area contributed by atoms with E-state index in [4.69, 9.17) is 10.5 Å². The lowest BCUT2D eigenvalue weighted by molar-refractivity contribution is 0.363. The number of aromatic hydroxyl groups is 1. The number of ether oxygens (including phenoxy) is 1. The van der Waals surface area contributed by atoms with Crippen LogP contribution in [0.1, 0.15) is 18.4 Å². The summed E-state index contributed by atoms with van der Waals surface area (Å²) in [5, 5.41) is 9.26. The van der Waals surface area contributed by atoms with Gasteiger partial charge in [-0.3, -0.25) is 0 Å². The van der Waals surface area contributed by atoms with Crippen LogP contribution in [0.25, 0.3) is 0 Å². The van der Waals surface area contributed by atoms with E-state index in [-0.39, 0.29) is 11.7 Å². The molecule has 0 heterocycles. The first kappa shape index (κ1) is 10.8. The van der Waals surface area contributed by atoms with Crippen molar-refractivity contribution in [2.24, 2.45) is 5.73 Å². The lowest BCUT2D eigenvalue weighted by Gasteiger charge is -2.12. The van der Waals surface area contributed by atoms with Gasteiger partial charge in [0, 0.05) is 0 Å². The SMILES string of the molecule is COc1cc(C(C)CN)cc(O)c1F. The topological polar surface area (TPSA) is 55.5 Å². The van der Waals surface area contributed by atoms with E-state index in [0.717, 1.165) is 5.56 Å². The van der Waals surface area contributed by atoms with E-state index >= 15 is 0 Å². The summed E-state index contributed by atoms with van der Waals surface area (Å²) < 4.78 is 17.9. The summed E-state index contributed by atoms with van der Waals surface area (Å²) >= 11 is 0. The Hall–Kier alpha value is -1.29. The van der Waals surface area contributed by atoms with Gasteiger partial charge in [-0.2, -0.15) is 4.39 Å². The third-order valence-electron chi connectivity index (χ3n) is 2.18. The van der Waals surface area contributed by atoms with E-state index < -0.39 is 11.6 Å². The molecular formula is C10H14FNO2. The number of nitrogens with two attached hydrogens (primary N) is 1. The molecule has 4 heteroatoms. The van der Waals surface area contributed by atoms with Crippen LogP contribution in [0.5, 0.6) is 11.5 Å². The Morgan fingerprint density at radius 1 is 1.57 bits per heavy atom. The van der Waals surface area contributed by atoms with Gasteiger partial charge in [-0.1, -0.05) is 6.92 Å². The van der Waals surface area contributed by atoms with Crippen molar-refractivity contribution < 1.29 is 14.2 Å². The molecule has 0 saturated carbocycles. The second-order valence-electron chi connectivity index (χ2n) is 3.19. The van der Waals surface area contributed by atoms with Crippen LogP contribution >= 0.6 is 0 Å². The van der Waals surface area contributed by atoms with Crippen LogP contribution in [0.4, 0.5) is 4.39 Å². The fourth-order valence-corrected chi connectivity index (χ4v) is 1.17. The Morgan fingerprint density at radius 3 is 2.71 bits per heavy atom. The zero-order chi connectivity index (χ0) is 10.7. The lowest BCUT2D eigenvalue weighted by atomic mass is 10.0. The highest BCUT2D eigenvalue weighted by Crippen LogP contribution is 2.30. The monoisotopic (exact) mass is 199 g/mol. The first-order valence-electron chi connectivity index (χ1n) is 4.36. The van der Waals surface area contributed by atoms with Gasteiger partial charge in [0.25, 0.3) is 0 Å². The van der Waals surface area contributed by atoms with Crippen LogP contribution in [0.2, 0.25) is 0 Å². The third kappa shape index (κ3) is 1.96. The van der Waals surface area contributed by atoms with Crippen molar-refractivity contribution in [3.63, 3.8) is 0 Å². The molecule has 0 aliphatic heterocycles. The van der Waals surface area contributed by atoms with Crippen molar-refractivity contribution in [2.45, 2.75) is 12.8 Å². The maximum absolute atomic E-state index is 13.1. The number of rotatable bonds is 3. The Bertz CT molecular complexity index is 328. The van der Waals surface area contributed by atoms with Gasteiger partial charge >= 0.3 is 0 Å². The standard InChI is InChI=1S/C10H14FNO2/c1-6(5-12)7-3-8(13)10(11)9(4-7)14-2/h3-4,6,13H,5,12H2,1-2H3. The van der Waals surface area contributed by atoms with Gasteiger partial charge < -0.3 is 15.6 Å². The predicted molar refractivity (Wildman–Crippen MR) is 52.1 cm³/mol. The van der Waals surface area contributed by atoms with Gasteiger partial charge in [0.2, 0.25) is 5.82 Å². The summed E-state index contributed by atoms with van der Waals surface area (Å²) in [6, 6.07) is 2.92. The van der Waals surface area contributed by atoms with E-state index in [1.165, 1.54) is 13.2 Å². The quantitative estimate of drug-likeness (QED) is 0.777. The van der Waals surface area contributed by atoms with E-state index in [2.05, 4.69) is 0 Å². The van der Waals surface area contributed by atoms with Crippen LogP contribution in [0, 0.1) is 5.82 Å². The maximum atomic E-state index is 13.1. The maximum Gasteiger partial charge on any atom is 0.206 e. The molecule has 1 aromatic rings. The van der Waals surface area contributed by atoms with E-state index in [0.29, 0.717) is 6.54 Å². The van der Waals surface area contributed by atoms with Crippen LogP contribution in [-0.4, -0.2) is 18.8 Å². The Labute approximate surface area is 82.3 Å². The molecule has 1 aromatic carbocycles. The minimum atomic E-state index is -0.736. The fraction of sp³-hybridized carbons (Fsp3) is 0.400. The highest BCUT2D eigenvalue weighted by atomic mass is 19.1. The van der Waals surface area contributed by atoms with E-state index in [1.54, 1.807) is 6.07 Å². The molecule has 0 aliphatic carbocycles. The summed E-state index contributed by atoms with van der Waals surface area (Å²) in [6.45, 7) is 2.33. The molecule has 0 bridgehead atoms. The summed E-state index contributed by atoms with van der Waals surface area (Å²) in [6.07, 6.45) is 0. The summed E-state index contributed by atoms with van der Waals surface area (Å²) in [4.78, 5) is 0. The molecular weight excluding hydrogens is 185 g/mol. The van der Waals surface area contributed by atoms with E-state index in [9.17, 15) is 9.50 Å². The first-order chi connectivity index (χ1) is 6.60. The van der Waals surface area contributed by atoms with Gasteiger partial charge in [0.05, 0.1) is 7.11 Å². The second-order valence-corrected chi connectivity index (χ2v) is 3.19. The molecule has 0 spiro atoms. The molecule has 0 amide bonds. The second kappa shape index (κ2) is 4.28. The van der Waals surface area contributed by atoms with Crippen molar-refractivity contribution in [2.75, 3.05) is 13.7 Å². The normalized spacial score (nSPS) is 12.6. The fourth-order valence-electron chi connectivity index (χ4n) is 1.17. The molecule has 0 fully saturated rings. The molecule has 1 unspecified atom stereocenters. The highest BCUT2D eigenvalue weighted by Gasteiger charge is 2.13. The van der Waals surface area contributed by atoms with E-state index in [1.807, 2.05) is 6.92 Å². The molecule has 1 atom stereocenters. The molecule has 3 nitrogen and oxygen atoms in total. The molecule has 1 rings (SSSR count). The van der Waals surface area contributed by atoms with Crippen molar-refractivity contribution >= 4 is 0 Å². The summed E-state index contributed by atoms with van der Waals surface area (Å²) in [5.74, 6) is -1.03. The largest absolute Gasteiger partial charge is 0.505 e. The number of hydrogen-bond acceptors (Lipinski definition) is 3. The van der Waals surface area contributed by atoms with Crippen LogP contribution in [0.15, 0.2) is 12.1 Å². The average molecular weight is 199 g/mol. The van der Waals surface area contributed by atoms with Crippen molar-refractivity contribution in [3.8, 4) is 11.5 Å². The minimum Gasteiger partial charge on any atom is -0.505 e. The molecule has 14 heavy (non-hydrogen) atoms. The minimum absolute atomic E-state index is 0.0419. The zero-order valence-electron chi connectivity index (χ0n) is 8.25. The lowest BCUT2D eigenvalue weighted by Crippen LogP contribution is -2.09. The van der Waals surface area contributed by atoms with Gasteiger partial charge in [0.1, 0.15) is 0 Å². The smallest absolute Gasteiger partial charge is 0.206 e. The first-order valence-corrected chi connectivity index (χ1v) is 4.36. The number of hydrogen-bond donors (Lipinski definition) is 2. The third-order valence-corrected chi connectivity index (χ3v) is 2.18. The van der Waals surface area contributed by atoms with Crippen LogP contribution < -0.4 is 10.5 Å². The molecule has 0 aromatic heterocycles. The highest BCUT2D eigenvalue weighted by molar-refractivity contribution is 5.41. The molecule has 78 valence electrons. The van der Waals surface area contributed by atoms with Gasteiger partial charge in [-0.15, -0.1) is 0 Å². The number of halogens is 1. The Balaban J connectivity index is 3.16. The molecule has 3 N–H and O–H groups in total. The Kier molecular flexibility index (Phi) is 3.30.